The molecule has 1 aliphatic heterocycles. The van der Waals surface area contributed by atoms with Gasteiger partial charge in [0.15, 0.2) is 0 Å². The van der Waals surface area contributed by atoms with E-state index in [1.807, 2.05) is 6.20 Å². The third-order valence-corrected chi connectivity index (χ3v) is 3.09. The molecule has 4 nitrogen and oxygen atoms in total. The van der Waals surface area contributed by atoms with Gasteiger partial charge in [-0.25, -0.2) is 4.98 Å². The highest BCUT2D eigenvalue weighted by Crippen LogP contribution is 2.24. The Labute approximate surface area is 91.3 Å². The molecule has 2 heterocycles. The molecule has 0 amide bonds. The number of likely N-dealkylation sites (tertiary alicyclic amines) is 1. The van der Waals surface area contributed by atoms with Crippen molar-refractivity contribution < 1.29 is 0 Å². The molecule has 0 radical (unpaired) electrons. The Balaban J connectivity index is 2.05. The SMILES string of the molecule is CCNc1nccn1C1CCN(C)CC1. The van der Waals surface area contributed by atoms with Crippen LogP contribution in [0.1, 0.15) is 25.8 Å². The molecule has 1 aliphatic rings. The van der Waals surface area contributed by atoms with Gasteiger partial charge in [0.25, 0.3) is 0 Å². The maximum absolute atomic E-state index is 4.34. The monoisotopic (exact) mass is 208 g/mol. The van der Waals surface area contributed by atoms with Crippen molar-refractivity contribution >= 4 is 5.95 Å². The van der Waals surface area contributed by atoms with E-state index < -0.39 is 0 Å². The third kappa shape index (κ3) is 2.31. The summed E-state index contributed by atoms with van der Waals surface area (Å²) in [7, 11) is 2.19. The lowest BCUT2D eigenvalue weighted by molar-refractivity contribution is 0.222. The first-order chi connectivity index (χ1) is 7.31. The normalized spacial score (nSPS) is 19.3. The van der Waals surface area contributed by atoms with E-state index in [4.69, 9.17) is 0 Å². The smallest absolute Gasteiger partial charge is 0.203 e. The third-order valence-electron chi connectivity index (χ3n) is 3.09. The maximum Gasteiger partial charge on any atom is 0.203 e. The van der Waals surface area contributed by atoms with Crippen LogP contribution in [0.5, 0.6) is 0 Å². The molecule has 1 saturated heterocycles. The zero-order valence-electron chi connectivity index (χ0n) is 9.61. The van der Waals surface area contributed by atoms with Gasteiger partial charge < -0.3 is 14.8 Å². The van der Waals surface area contributed by atoms with Crippen LogP contribution < -0.4 is 5.32 Å². The van der Waals surface area contributed by atoms with Gasteiger partial charge in [-0.05, 0) is 39.9 Å². The van der Waals surface area contributed by atoms with Gasteiger partial charge in [-0.2, -0.15) is 0 Å². The molecule has 1 fully saturated rings. The summed E-state index contributed by atoms with van der Waals surface area (Å²) in [6.45, 7) is 5.42. The minimum Gasteiger partial charge on any atom is -0.356 e. The molecule has 1 aromatic rings. The maximum atomic E-state index is 4.34. The van der Waals surface area contributed by atoms with Crippen molar-refractivity contribution in [3.63, 3.8) is 0 Å². The number of piperidine rings is 1. The van der Waals surface area contributed by atoms with E-state index in [1.165, 1.54) is 25.9 Å². The van der Waals surface area contributed by atoms with E-state index in [-0.39, 0.29) is 0 Å². The highest BCUT2D eigenvalue weighted by molar-refractivity contribution is 5.26. The highest BCUT2D eigenvalue weighted by atomic mass is 15.2. The van der Waals surface area contributed by atoms with Crippen LogP contribution in [0.2, 0.25) is 0 Å². The summed E-state index contributed by atoms with van der Waals surface area (Å²) in [5.74, 6) is 1.02. The van der Waals surface area contributed by atoms with Crippen molar-refractivity contribution in [3.8, 4) is 0 Å². The van der Waals surface area contributed by atoms with Gasteiger partial charge in [0.1, 0.15) is 0 Å². The molecule has 1 N–H and O–H groups in total. The van der Waals surface area contributed by atoms with Gasteiger partial charge in [0, 0.05) is 25.0 Å². The molecule has 2 rings (SSSR count). The lowest BCUT2D eigenvalue weighted by atomic mass is 10.1. The molecule has 4 heteroatoms. The fourth-order valence-electron chi connectivity index (χ4n) is 2.18. The standard InChI is InChI=1S/C11H20N4/c1-3-12-11-13-6-9-15(11)10-4-7-14(2)8-5-10/h6,9-10H,3-5,7-8H2,1-2H3,(H,12,13). The van der Waals surface area contributed by atoms with E-state index >= 15 is 0 Å². The minimum atomic E-state index is 0.623. The molecule has 0 unspecified atom stereocenters. The lowest BCUT2D eigenvalue weighted by Gasteiger charge is -2.30. The topological polar surface area (TPSA) is 33.1 Å². The van der Waals surface area contributed by atoms with E-state index in [2.05, 4.69) is 39.9 Å². The van der Waals surface area contributed by atoms with Gasteiger partial charge in [-0.15, -0.1) is 0 Å². The Kier molecular flexibility index (Phi) is 3.26. The Hall–Kier alpha value is -1.03. The van der Waals surface area contributed by atoms with Gasteiger partial charge in [0.2, 0.25) is 5.95 Å². The van der Waals surface area contributed by atoms with Crippen molar-refractivity contribution in [3.05, 3.63) is 12.4 Å². The van der Waals surface area contributed by atoms with E-state index in [9.17, 15) is 0 Å². The average molecular weight is 208 g/mol. The Morgan fingerprint density at radius 3 is 2.87 bits per heavy atom. The fraction of sp³-hybridized carbons (Fsp3) is 0.727. The van der Waals surface area contributed by atoms with Crippen LogP contribution in [-0.4, -0.2) is 41.1 Å². The van der Waals surface area contributed by atoms with Crippen LogP contribution in [0, 0.1) is 0 Å². The Morgan fingerprint density at radius 1 is 1.47 bits per heavy atom. The summed E-state index contributed by atoms with van der Waals surface area (Å²) in [6.07, 6.45) is 6.43. The fourth-order valence-corrected chi connectivity index (χ4v) is 2.18. The average Bonchev–Trinajstić information content (AvgIpc) is 2.68. The van der Waals surface area contributed by atoms with Crippen molar-refractivity contribution in [1.82, 2.24) is 14.5 Å². The van der Waals surface area contributed by atoms with Crippen molar-refractivity contribution in [1.29, 1.82) is 0 Å². The number of rotatable bonds is 3. The molecule has 15 heavy (non-hydrogen) atoms. The van der Waals surface area contributed by atoms with Crippen molar-refractivity contribution in [2.45, 2.75) is 25.8 Å². The number of nitrogens with zero attached hydrogens (tertiary/aromatic N) is 3. The van der Waals surface area contributed by atoms with Crippen molar-refractivity contribution in [2.75, 3.05) is 32.0 Å². The van der Waals surface area contributed by atoms with Crippen LogP contribution in [0.3, 0.4) is 0 Å². The number of hydrogen-bond donors (Lipinski definition) is 1. The molecular weight excluding hydrogens is 188 g/mol. The largest absolute Gasteiger partial charge is 0.356 e. The first kappa shape index (κ1) is 10.5. The summed E-state index contributed by atoms with van der Waals surface area (Å²) in [5.41, 5.74) is 0. The molecule has 84 valence electrons. The molecule has 0 saturated carbocycles. The number of anilines is 1. The molecule has 0 spiro atoms. The van der Waals surface area contributed by atoms with Crippen LogP contribution in [0.15, 0.2) is 12.4 Å². The van der Waals surface area contributed by atoms with Gasteiger partial charge >= 0.3 is 0 Å². The van der Waals surface area contributed by atoms with E-state index in [0.29, 0.717) is 6.04 Å². The Morgan fingerprint density at radius 2 is 2.20 bits per heavy atom. The quantitative estimate of drug-likeness (QED) is 0.818. The lowest BCUT2D eigenvalue weighted by Crippen LogP contribution is -2.31. The second-order valence-electron chi connectivity index (χ2n) is 4.22. The number of aromatic nitrogens is 2. The van der Waals surface area contributed by atoms with Crippen molar-refractivity contribution in [2.24, 2.45) is 0 Å². The second kappa shape index (κ2) is 4.66. The van der Waals surface area contributed by atoms with Crippen LogP contribution in [0.4, 0.5) is 5.95 Å². The molecule has 1 aromatic heterocycles. The summed E-state index contributed by atoms with van der Waals surface area (Å²) in [4.78, 5) is 6.73. The van der Waals surface area contributed by atoms with E-state index in [0.717, 1.165) is 12.5 Å². The number of nitrogens with one attached hydrogen (secondary N) is 1. The molecule has 0 bridgehead atoms. The van der Waals surface area contributed by atoms with Gasteiger partial charge in [-0.1, -0.05) is 0 Å². The van der Waals surface area contributed by atoms with Crippen LogP contribution in [-0.2, 0) is 0 Å². The minimum absolute atomic E-state index is 0.623. The first-order valence-electron chi connectivity index (χ1n) is 5.76. The number of imidazole rings is 1. The summed E-state index contributed by atoms with van der Waals surface area (Å²) < 4.78 is 2.29. The summed E-state index contributed by atoms with van der Waals surface area (Å²) in [6, 6.07) is 0.623. The molecule has 0 atom stereocenters. The summed E-state index contributed by atoms with van der Waals surface area (Å²) >= 11 is 0. The Bertz CT molecular complexity index is 299. The second-order valence-corrected chi connectivity index (χ2v) is 4.22. The van der Waals surface area contributed by atoms with Gasteiger partial charge in [-0.3, -0.25) is 0 Å². The molecular formula is C11H20N4. The first-order valence-corrected chi connectivity index (χ1v) is 5.76. The predicted molar refractivity (Wildman–Crippen MR) is 62.2 cm³/mol. The molecule has 0 aliphatic carbocycles. The van der Waals surface area contributed by atoms with Crippen LogP contribution >= 0.6 is 0 Å². The summed E-state index contributed by atoms with van der Waals surface area (Å²) in [5, 5.41) is 3.30. The van der Waals surface area contributed by atoms with Gasteiger partial charge in [0.05, 0.1) is 0 Å². The number of hydrogen-bond acceptors (Lipinski definition) is 3. The molecule has 0 aromatic carbocycles. The zero-order chi connectivity index (χ0) is 10.7. The van der Waals surface area contributed by atoms with Crippen LogP contribution in [0.25, 0.3) is 0 Å². The van der Waals surface area contributed by atoms with E-state index in [1.54, 1.807) is 0 Å². The highest BCUT2D eigenvalue weighted by Gasteiger charge is 2.19. The zero-order valence-corrected chi connectivity index (χ0v) is 9.61. The predicted octanol–water partition coefficient (Wildman–Crippen LogP) is 1.58.